The fourth-order valence-corrected chi connectivity index (χ4v) is 2.24. The van der Waals surface area contributed by atoms with E-state index in [0.717, 1.165) is 25.2 Å². The number of aromatic carboxylic acids is 1. The lowest BCUT2D eigenvalue weighted by Gasteiger charge is -2.24. The summed E-state index contributed by atoms with van der Waals surface area (Å²) in [4.78, 5) is 36.4. The molecule has 0 saturated heterocycles. The van der Waals surface area contributed by atoms with E-state index in [1.807, 2.05) is 0 Å². The van der Waals surface area contributed by atoms with Gasteiger partial charge < -0.3 is 24.6 Å². The number of carboxylic acids is 1. The van der Waals surface area contributed by atoms with Gasteiger partial charge in [0.2, 0.25) is 0 Å². The largest absolute Gasteiger partial charge is 0.503 e. The number of hydrogen-bond acceptors (Lipinski definition) is 7. The second kappa shape index (κ2) is 7.51. The first kappa shape index (κ1) is 18.7. The van der Waals surface area contributed by atoms with E-state index in [4.69, 9.17) is 5.11 Å². The van der Waals surface area contributed by atoms with E-state index in [-0.39, 0.29) is 17.0 Å². The van der Waals surface area contributed by atoms with Crippen molar-refractivity contribution in [1.29, 1.82) is 0 Å². The summed E-state index contributed by atoms with van der Waals surface area (Å²) in [5.41, 5.74) is -1.46. The summed E-state index contributed by atoms with van der Waals surface area (Å²) in [5, 5.41) is 19.2. The van der Waals surface area contributed by atoms with E-state index in [1.54, 1.807) is 0 Å². The summed E-state index contributed by atoms with van der Waals surface area (Å²) in [7, 11) is 2.16. The van der Waals surface area contributed by atoms with Gasteiger partial charge in [-0.05, 0) is 24.3 Å². The number of aromatic hydroxyl groups is 1. The average molecular weight is 363 g/mol. The molecule has 0 spiro atoms. The van der Waals surface area contributed by atoms with Gasteiger partial charge in [-0.3, -0.25) is 0 Å². The van der Waals surface area contributed by atoms with Crippen LogP contribution in [0.2, 0.25) is 0 Å². The highest BCUT2D eigenvalue weighted by atomic mass is 19.1. The van der Waals surface area contributed by atoms with Gasteiger partial charge >= 0.3 is 17.9 Å². The fourth-order valence-electron chi connectivity index (χ4n) is 2.24. The summed E-state index contributed by atoms with van der Waals surface area (Å²) in [5.74, 6) is -5.44. The summed E-state index contributed by atoms with van der Waals surface area (Å²) >= 11 is 0. The van der Waals surface area contributed by atoms with Crippen LogP contribution in [0.3, 0.4) is 0 Å². The molecular formula is C17H14FNO7. The quantitative estimate of drug-likeness (QED) is 0.778. The van der Waals surface area contributed by atoms with Gasteiger partial charge in [-0.15, -0.1) is 0 Å². The molecule has 1 heterocycles. The van der Waals surface area contributed by atoms with Crippen molar-refractivity contribution >= 4 is 23.6 Å². The smallest absolute Gasteiger partial charge is 0.355 e. The summed E-state index contributed by atoms with van der Waals surface area (Å²) in [6.07, 6.45) is 5.30. The van der Waals surface area contributed by atoms with Crippen molar-refractivity contribution in [3.05, 3.63) is 59.2 Å². The molecular weight excluding hydrogens is 349 g/mol. The van der Waals surface area contributed by atoms with Gasteiger partial charge in [0, 0.05) is 6.20 Å². The molecule has 26 heavy (non-hydrogen) atoms. The van der Waals surface area contributed by atoms with Crippen molar-refractivity contribution in [2.45, 2.75) is 0 Å². The highest BCUT2D eigenvalue weighted by molar-refractivity contribution is 6.06. The molecule has 0 fully saturated rings. The molecule has 1 aromatic carbocycles. The molecule has 0 saturated carbocycles. The van der Waals surface area contributed by atoms with Crippen LogP contribution in [-0.4, -0.2) is 42.3 Å². The lowest BCUT2D eigenvalue weighted by Crippen LogP contribution is -2.27. The molecule has 1 aliphatic rings. The Morgan fingerprint density at radius 3 is 2.31 bits per heavy atom. The molecule has 136 valence electrons. The highest BCUT2D eigenvalue weighted by Crippen LogP contribution is 2.36. The number of methoxy groups -OCH3 is 2. The number of benzene rings is 1. The number of nitrogens with zero attached hydrogens (tertiary/aromatic N) is 1. The monoisotopic (exact) mass is 363 g/mol. The zero-order valence-corrected chi connectivity index (χ0v) is 13.7. The maximum atomic E-state index is 14.0. The molecule has 0 unspecified atom stereocenters. The highest BCUT2D eigenvalue weighted by Gasteiger charge is 2.30. The summed E-state index contributed by atoms with van der Waals surface area (Å²) in [6.45, 7) is 0. The Balaban J connectivity index is 2.79. The standard InChI is InChI=1S/C17H14FNO7/c1-25-16(23)10-5-3-4-6-19(13(10)17(24)26-2)12-8-9(15(21)22)7-11(18)14(12)20/h3-8,20H,1-2H3,(H,21,22). The minimum Gasteiger partial charge on any atom is -0.503 e. The Hall–Kier alpha value is -3.62. The van der Waals surface area contributed by atoms with E-state index >= 15 is 0 Å². The molecule has 9 heteroatoms. The molecule has 0 aliphatic carbocycles. The van der Waals surface area contributed by atoms with Crippen molar-refractivity contribution in [2.75, 3.05) is 19.1 Å². The number of phenolic OH excluding ortho intramolecular Hbond substituents is 1. The first-order valence-corrected chi connectivity index (χ1v) is 7.12. The van der Waals surface area contributed by atoms with Crippen LogP contribution in [-0.2, 0) is 19.1 Å². The topological polar surface area (TPSA) is 113 Å². The van der Waals surface area contributed by atoms with Crippen LogP contribution < -0.4 is 4.90 Å². The Labute approximate surface area is 147 Å². The van der Waals surface area contributed by atoms with E-state index in [2.05, 4.69) is 9.47 Å². The Kier molecular flexibility index (Phi) is 5.41. The van der Waals surface area contributed by atoms with E-state index in [1.165, 1.54) is 24.4 Å². The average Bonchev–Trinajstić information content (AvgIpc) is 2.85. The molecule has 0 radical (unpaired) electrons. The Morgan fingerprint density at radius 1 is 1.08 bits per heavy atom. The van der Waals surface area contributed by atoms with Gasteiger partial charge in [-0.25, -0.2) is 18.8 Å². The Morgan fingerprint density at radius 2 is 1.73 bits per heavy atom. The number of rotatable bonds is 4. The molecule has 2 N–H and O–H groups in total. The van der Waals surface area contributed by atoms with Gasteiger partial charge in [0.1, 0.15) is 5.70 Å². The van der Waals surface area contributed by atoms with Crippen molar-refractivity contribution in [1.82, 2.24) is 0 Å². The van der Waals surface area contributed by atoms with Crippen molar-refractivity contribution in [3.8, 4) is 5.75 Å². The zero-order chi connectivity index (χ0) is 19.4. The minimum absolute atomic E-state index is 0.232. The number of carboxylic acid groups (broad SMARTS) is 1. The lowest BCUT2D eigenvalue weighted by atomic mass is 10.1. The normalized spacial score (nSPS) is 13.4. The number of esters is 2. The van der Waals surface area contributed by atoms with Gasteiger partial charge in [0.05, 0.1) is 31.0 Å². The van der Waals surface area contributed by atoms with E-state index in [0.29, 0.717) is 6.07 Å². The predicted octanol–water partition coefficient (Wildman–Crippen LogP) is 1.72. The minimum atomic E-state index is -1.45. The second-order valence-electron chi connectivity index (χ2n) is 4.95. The third-order valence-electron chi connectivity index (χ3n) is 3.44. The van der Waals surface area contributed by atoms with Crippen molar-refractivity contribution in [2.24, 2.45) is 0 Å². The number of hydrogen-bond donors (Lipinski definition) is 2. The van der Waals surface area contributed by atoms with Crippen molar-refractivity contribution in [3.63, 3.8) is 0 Å². The predicted molar refractivity (Wildman–Crippen MR) is 86.8 cm³/mol. The number of halogens is 1. The van der Waals surface area contributed by atoms with E-state index in [9.17, 15) is 23.9 Å². The summed E-state index contributed by atoms with van der Waals surface area (Å²) < 4.78 is 23.3. The molecule has 8 nitrogen and oxygen atoms in total. The first-order chi connectivity index (χ1) is 12.3. The van der Waals surface area contributed by atoms with Gasteiger partial charge in [0.25, 0.3) is 0 Å². The van der Waals surface area contributed by atoms with Crippen LogP contribution in [0.1, 0.15) is 10.4 Å². The third kappa shape index (κ3) is 3.41. The van der Waals surface area contributed by atoms with Gasteiger partial charge in [-0.1, -0.05) is 6.08 Å². The molecule has 1 aliphatic heterocycles. The van der Waals surface area contributed by atoms with Gasteiger partial charge in [0.15, 0.2) is 11.6 Å². The van der Waals surface area contributed by atoms with Crippen LogP contribution >= 0.6 is 0 Å². The maximum absolute atomic E-state index is 14.0. The number of anilines is 1. The number of carbonyl (C=O) groups is 3. The molecule has 0 amide bonds. The summed E-state index contributed by atoms with van der Waals surface area (Å²) in [6, 6.07) is 1.58. The number of allylic oxidation sites excluding steroid dienone is 2. The number of phenols is 1. The van der Waals surface area contributed by atoms with E-state index < -0.39 is 35.0 Å². The fraction of sp³-hybridized carbons (Fsp3) is 0.118. The molecule has 0 aromatic heterocycles. The van der Waals surface area contributed by atoms with Crippen LogP contribution in [0.5, 0.6) is 5.75 Å². The first-order valence-electron chi connectivity index (χ1n) is 7.12. The van der Waals surface area contributed by atoms with Gasteiger partial charge in [-0.2, -0.15) is 0 Å². The van der Waals surface area contributed by atoms with Crippen LogP contribution in [0.4, 0.5) is 10.1 Å². The number of ether oxygens (including phenoxy) is 2. The third-order valence-corrected chi connectivity index (χ3v) is 3.44. The number of carbonyl (C=O) groups excluding carboxylic acids is 2. The van der Waals surface area contributed by atoms with Crippen molar-refractivity contribution < 1.29 is 38.5 Å². The van der Waals surface area contributed by atoms with Crippen LogP contribution in [0, 0.1) is 5.82 Å². The molecule has 0 atom stereocenters. The van der Waals surface area contributed by atoms with Crippen LogP contribution in [0.15, 0.2) is 47.8 Å². The second-order valence-corrected chi connectivity index (χ2v) is 4.95. The molecule has 0 bridgehead atoms. The van der Waals surface area contributed by atoms with Crippen LogP contribution in [0.25, 0.3) is 0 Å². The Bertz CT molecular complexity index is 870. The SMILES string of the molecule is COC(=O)C1=C(C(=O)OC)N(c2cc(C(=O)O)cc(F)c2O)C=CC=C1. The molecule has 2 rings (SSSR count). The maximum Gasteiger partial charge on any atom is 0.355 e. The zero-order valence-electron chi connectivity index (χ0n) is 13.7. The molecule has 1 aromatic rings. The lowest BCUT2D eigenvalue weighted by molar-refractivity contribution is -0.139.